The van der Waals surface area contributed by atoms with Gasteiger partial charge in [0, 0.05) is 29.8 Å². The van der Waals surface area contributed by atoms with Gasteiger partial charge in [-0.05, 0) is 75.3 Å². The molecule has 1 saturated heterocycles. The molecule has 0 radical (unpaired) electrons. The first kappa shape index (κ1) is 44.5. The number of nitrogens with zero attached hydrogens (tertiary/aromatic N) is 2. The molecule has 1 aliphatic rings. The number of carbonyl (C=O) groups excluding carboxylic acids is 3. The van der Waals surface area contributed by atoms with E-state index in [0.717, 1.165) is 16.7 Å². The molecule has 0 bridgehead atoms. The van der Waals surface area contributed by atoms with Gasteiger partial charge in [0.25, 0.3) is 10.0 Å². The van der Waals surface area contributed by atoms with E-state index in [4.69, 9.17) is 10.5 Å². The number of guanidine groups is 1. The highest BCUT2D eigenvalue weighted by molar-refractivity contribution is 8.00. The van der Waals surface area contributed by atoms with Crippen molar-refractivity contribution in [3.63, 3.8) is 0 Å². The van der Waals surface area contributed by atoms with E-state index in [1.165, 1.54) is 23.9 Å². The molecule has 2 aromatic carbocycles. The molecule has 5 atom stereocenters. The maximum Gasteiger partial charge on any atom is 0.408 e. The standard InChI is InChI=1S/C39H52N8O8S2/c1-23(2)33(35(49)43-31(19-27-10-7-6-8-11-27)36-44-32(22-56-36)37(50)51)46-34(48)30(45-39(52)55-21-28-18-25(4)20-42-26(28)5)12-9-17-41-38(40)47-57(53,54)29-15-13-24(3)14-16-29/h6-8,10-11,13-16,18,20,23,30-33,36,44H,9,12,17,19,21-22H2,1-5H3,(H,43,49)(H,45,52)(H,46,48)(H,50,51)(H3,40,41,47)/t30-,31?,32-,33-,36?/m0/s1. The molecular weight excluding hydrogens is 773 g/mol. The highest BCUT2D eigenvalue weighted by Gasteiger charge is 2.37. The molecule has 308 valence electrons. The van der Waals surface area contributed by atoms with Crippen LogP contribution in [0.2, 0.25) is 0 Å². The van der Waals surface area contributed by atoms with Gasteiger partial charge in [-0.1, -0.05) is 61.9 Å². The number of ether oxygens (including phenoxy) is 1. The minimum atomic E-state index is -3.98. The summed E-state index contributed by atoms with van der Waals surface area (Å²) in [7, 11) is -3.98. The lowest BCUT2D eigenvalue weighted by atomic mass is 10.00. The Labute approximate surface area is 337 Å². The van der Waals surface area contributed by atoms with Crippen molar-refractivity contribution >= 4 is 51.6 Å². The molecule has 2 unspecified atom stereocenters. The molecule has 1 fully saturated rings. The highest BCUT2D eigenvalue weighted by atomic mass is 32.2. The third-order valence-corrected chi connectivity index (χ3v) is 11.9. The van der Waals surface area contributed by atoms with Crippen LogP contribution in [-0.4, -0.2) is 90.2 Å². The van der Waals surface area contributed by atoms with Crippen LogP contribution in [-0.2, 0) is 42.2 Å². The van der Waals surface area contributed by atoms with Crippen LogP contribution >= 0.6 is 11.8 Å². The molecule has 2 heterocycles. The molecule has 3 amide bonds. The molecule has 4 rings (SSSR count). The van der Waals surface area contributed by atoms with Crippen molar-refractivity contribution in [3.05, 3.63) is 94.8 Å². The van der Waals surface area contributed by atoms with Crippen molar-refractivity contribution in [1.82, 2.24) is 31.0 Å². The van der Waals surface area contributed by atoms with Crippen LogP contribution in [0, 0.1) is 26.7 Å². The van der Waals surface area contributed by atoms with Crippen LogP contribution in [0.3, 0.4) is 0 Å². The van der Waals surface area contributed by atoms with Crippen LogP contribution in [0.5, 0.6) is 0 Å². The van der Waals surface area contributed by atoms with Gasteiger partial charge in [0.2, 0.25) is 17.8 Å². The van der Waals surface area contributed by atoms with Crippen LogP contribution in [0.1, 0.15) is 54.6 Å². The number of carboxylic acid groups (broad SMARTS) is 1. The fraction of sp³-hybridized carbons (Fsp3) is 0.436. The third-order valence-electron chi connectivity index (χ3n) is 9.14. The number of nitrogens with one attached hydrogen (secondary N) is 5. The zero-order chi connectivity index (χ0) is 41.7. The summed E-state index contributed by atoms with van der Waals surface area (Å²) >= 11 is 1.40. The molecule has 3 aromatic rings. The first-order valence-electron chi connectivity index (χ1n) is 18.5. The molecule has 0 spiro atoms. The van der Waals surface area contributed by atoms with Crippen LogP contribution in [0.15, 0.2) is 76.7 Å². The lowest BCUT2D eigenvalue weighted by Crippen LogP contribution is -2.59. The number of amides is 3. The minimum absolute atomic E-state index is 0.00440. The van der Waals surface area contributed by atoms with Crippen molar-refractivity contribution in [2.45, 2.75) is 94.9 Å². The Morgan fingerprint density at radius 1 is 1.00 bits per heavy atom. The maximum atomic E-state index is 13.9. The van der Waals surface area contributed by atoms with Crippen molar-refractivity contribution in [2.24, 2.45) is 16.6 Å². The zero-order valence-electron chi connectivity index (χ0n) is 32.7. The summed E-state index contributed by atoms with van der Waals surface area (Å²) < 4.78 is 33.2. The predicted molar refractivity (Wildman–Crippen MR) is 218 cm³/mol. The number of sulfonamides is 1. The summed E-state index contributed by atoms with van der Waals surface area (Å²) in [4.78, 5) is 61.1. The van der Waals surface area contributed by atoms with E-state index in [0.29, 0.717) is 23.4 Å². The summed E-state index contributed by atoms with van der Waals surface area (Å²) in [5.74, 6) is -2.55. The number of carboxylic acids is 1. The molecule has 8 N–H and O–H groups in total. The third kappa shape index (κ3) is 13.7. The van der Waals surface area contributed by atoms with E-state index in [-0.39, 0.29) is 36.8 Å². The second-order valence-electron chi connectivity index (χ2n) is 14.2. The highest BCUT2D eigenvalue weighted by Crippen LogP contribution is 2.24. The molecule has 1 aromatic heterocycles. The molecule has 0 saturated carbocycles. The van der Waals surface area contributed by atoms with E-state index < -0.39 is 69.4 Å². The summed E-state index contributed by atoms with van der Waals surface area (Å²) in [6.45, 7) is 8.91. The predicted octanol–water partition coefficient (Wildman–Crippen LogP) is 2.66. The van der Waals surface area contributed by atoms with Crippen LogP contribution in [0.25, 0.3) is 0 Å². The summed E-state index contributed by atoms with van der Waals surface area (Å²) in [5.41, 5.74) is 9.96. The number of aryl methyl sites for hydroxylation is 3. The number of hydrogen-bond donors (Lipinski definition) is 7. The number of hydrogen-bond acceptors (Lipinski definition) is 11. The number of carbonyl (C=O) groups is 4. The van der Waals surface area contributed by atoms with Crippen molar-refractivity contribution in [1.29, 1.82) is 0 Å². The fourth-order valence-electron chi connectivity index (χ4n) is 5.91. The van der Waals surface area contributed by atoms with Gasteiger partial charge in [0.1, 0.15) is 24.7 Å². The van der Waals surface area contributed by atoms with Crippen molar-refractivity contribution in [2.75, 3.05) is 12.3 Å². The second kappa shape index (κ2) is 20.8. The number of benzene rings is 2. The zero-order valence-corrected chi connectivity index (χ0v) is 34.3. The van der Waals surface area contributed by atoms with Gasteiger partial charge in [-0.2, -0.15) is 0 Å². The number of nitrogens with two attached hydrogens (primary N) is 1. The van der Waals surface area contributed by atoms with Gasteiger partial charge in [-0.3, -0.25) is 29.7 Å². The first-order valence-corrected chi connectivity index (χ1v) is 21.1. The number of thioether (sulfide) groups is 1. The van der Waals surface area contributed by atoms with Gasteiger partial charge < -0.3 is 31.5 Å². The summed E-state index contributed by atoms with van der Waals surface area (Å²) in [6.07, 6.45) is 1.42. The quantitative estimate of drug-likeness (QED) is 0.0557. The monoisotopic (exact) mass is 824 g/mol. The van der Waals surface area contributed by atoms with Gasteiger partial charge >= 0.3 is 12.1 Å². The molecule has 18 heteroatoms. The van der Waals surface area contributed by atoms with E-state index in [2.05, 4.69) is 36.0 Å². The number of rotatable bonds is 18. The van der Waals surface area contributed by atoms with Crippen LogP contribution < -0.4 is 31.7 Å². The maximum absolute atomic E-state index is 13.9. The lowest BCUT2D eigenvalue weighted by Gasteiger charge is -2.30. The SMILES string of the molecule is Cc1ccc(S(=O)(=O)NC(N)=NCCC[C@H](NC(=O)OCc2cc(C)cnc2C)C(=O)N[C@H](C(=O)NC(Cc2ccccc2)C2N[C@H](C(=O)O)CS2)C(C)C)cc1. The average Bonchev–Trinajstić information content (AvgIpc) is 3.66. The number of aliphatic imine (C=N–C) groups is 1. The summed E-state index contributed by atoms with van der Waals surface area (Å²) in [5, 5.41) is 20.7. The Morgan fingerprint density at radius 2 is 1.70 bits per heavy atom. The topological polar surface area (TPSA) is 243 Å². The molecule has 0 aliphatic carbocycles. The van der Waals surface area contributed by atoms with Gasteiger partial charge in [-0.25, -0.2) is 17.9 Å². The largest absolute Gasteiger partial charge is 0.480 e. The molecule has 1 aliphatic heterocycles. The smallest absolute Gasteiger partial charge is 0.408 e. The fourth-order valence-corrected chi connectivity index (χ4v) is 8.16. The Hall–Kier alpha value is -5.20. The Balaban J connectivity index is 1.47. The first-order chi connectivity index (χ1) is 27.0. The number of aromatic nitrogens is 1. The molecule has 16 nitrogen and oxygen atoms in total. The van der Waals surface area contributed by atoms with E-state index in [1.807, 2.05) is 50.2 Å². The normalized spacial score (nSPS) is 17.3. The van der Waals surface area contributed by atoms with E-state index in [9.17, 15) is 32.7 Å². The average molecular weight is 825 g/mol. The minimum Gasteiger partial charge on any atom is -0.480 e. The van der Waals surface area contributed by atoms with E-state index in [1.54, 1.807) is 39.1 Å². The van der Waals surface area contributed by atoms with Crippen molar-refractivity contribution in [3.8, 4) is 0 Å². The second-order valence-corrected chi connectivity index (χ2v) is 17.1. The lowest BCUT2D eigenvalue weighted by molar-refractivity contribution is -0.138. The van der Waals surface area contributed by atoms with Gasteiger partial charge in [-0.15, -0.1) is 11.8 Å². The van der Waals surface area contributed by atoms with E-state index >= 15 is 0 Å². The number of alkyl carbamates (subject to hydrolysis) is 1. The van der Waals surface area contributed by atoms with Gasteiger partial charge in [0.15, 0.2) is 0 Å². The van der Waals surface area contributed by atoms with Gasteiger partial charge in [0.05, 0.1) is 16.3 Å². The Bertz CT molecular complexity index is 2000. The molecular formula is C39H52N8O8S2. The Morgan fingerprint density at radius 3 is 2.35 bits per heavy atom. The number of aliphatic carboxylic acids is 1. The number of pyridine rings is 1. The van der Waals surface area contributed by atoms with Crippen molar-refractivity contribution < 1.29 is 37.4 Å². The molecule has 57 heavy (non-hydrogen) atoms. The van der Waals surface area contributed by atoms with Crippen LogP contribution in [0.4, 0.5) is 4.79 Å². The summed E-state index contributed by atoms with van der Waals surface area (Å²) in [6, 6.07) is 14.0. The Kier molecular flexibility index (Phi) is 16.3.